The first-order valence-corrected chi connectivity index (χ1v) is 8.97. The van der Waals surface area contributed by atoms with Gasteiger partial charge in [-0.05, 0) is 24.3 Å². The molecule has 4 nitrogen and oxygen atoms in total. The molecule has 1 atom stereocenters. The third-order valence-corrected chi connectivity index (χ3v) is 6.29. The molecule has 90 valence electrons. The summed E-state index contributed by atoms with van der Waals surface area (Å²) < 4.78 is 38.0. The van der Waals surface area contributed by atoms with Crippen molar-refractivity contribution in [3.63, 3.8) is 0 Å². The smallest absolute Gasteiger partial charge is 0.244 e. The number of rotatable bonds is 3. The van der Waals surface area contributed by atoms with E-state index in [0.29, 0.717) is 4.90 Å². The lowest BCUT2D eigenvalue weighted by atomic mass is 10.4. The van der Waals surface area contributed by atoms with Gasteiger partial charge in [-0.3, -0.25) is 0 Å². The largest absolute Gasteiger partial charge is 0.347 e. The number of halogens is 2. The van der Waals surface area contributed by atoms with Crippen molar-refractivity contribution in [2.24, 2.45) is 3.77 Å². The Bertz CT molecular complexity index is 588. The quantitative estimate of drug-likeness (QED) is 0.791. The molecule has 0 aliphatic carbocycles. The Hall–Kier alpha value is -0.110. The highest BCUT2D eigenvalue weighted by Crippen LogP contribution is 2.19. The molecule has 0 fully saturated rings. The maximum Gasteiger partial charge on any atom is 0.347 e. The third-order valence-electron chi connectivity index (χ3n) is 1.78. The highest BCUT2D eigenvalue weighted by atomic mass is 79.9. The summed E-state index contributed by atoms with van der Waals surface area (Å²) in [5.74, 6) is 0.0839. The lowest BCUT2D eigenvalue weighted by Gasteiger charge is -2.06. The van der Waals surface area contributed by atoms with E-state index >= 15 is 0 Å². The van der Waals surface area contributed by atoms with Crippen LogP contribution in [0, 0.1) is 0 Å². The van der Waals surface area contributed by atoms with Crippen LogP contribution in [-0.2, 0) is 19.0 Å². The maximum absolute atomic E-state index is 12.2. The van der Waals surface area contributed by atoms with E-state index in [9.17, 15) is 12.6 Å². The molecule has 0 heterocycles. The SMILES string of the molecule is CC[S@](=O)(=NS(=O)(=O)Cl)c1ccc(Br)cc1. The molecule has 0 radical (unpaired) electrons. The molecular formula is C8H9BrClNO3S2. The van der Waals surface area contributed by atoms with Gasteiger partial charge in [-0.15, -0.1) is 0 Å². The van der Waals surface area contributed by atoms with Crippen molar-refractivity contribution < 1.29 is 12.6 Å². The van der Waals surface area contributed by atoms with Crippen molar-refractivity contribution in [1.82, 2.24) is 0 Å². The predicted molar refractivity (Wildman–Crippen MR) is 68.3 cm³/mol. The third kappa shape index (κ3) is 3.73. The molecule has 1 aromatic carbocycles. The van der Waals surface area contributed by atoms with Crippen molar-refractivity contribution in [3.05, 3.63) is 28.7 Å². The average Bonchev–Trinajstić information content (AvgIpc) is 2.16. The number of hydrogen-bond acceptors (Lipinski definition) is 3. The van der Waals surface area contributed by atoms with Crippen LogP contribution in [0.5, 0.6) is 0 Å². The van der Waals surface area contributed by atoms with Gasteiger partial charge >= 0.3 is 9.24 Å². The molecule has 0 N–H and O–H groups in total. The van der Waals surface area contributed by atoms with Gasteiger partial charge in [-0.25, -0.2) is 4.21 Å². The Kier molecular flexibility index (Phi) is 4.39. The number of hydrogen-bond donors (Lipinski definition) is 0. The Labute approximate surface area is 108 Å². The van der Waals surface area contributed by atoms with E-state index in [0.717, 1.165) is 4.47 Å². The molecule has 0 saturated carbocycles. The van der Waals surface area contributed by atoms with E-state index in [2.05, 4.69) is 19.7 Å². The van der Waals surface area contributed by atoms with Gasteiger partial charge in [-0.2, -0.15) is 8.42 Å². The first-order valence-electron chi connectivity index (χ1n) is 4.23. The van der Waals surface area contributed by atoms with E-state index in [1.165, 1.54) is 0 Å². The Balaban J connectivity index is 3.43. The first kappa shape index (κ1) is 14.0. The lowest BCUT2D eigenvalue weighted by molar-refractivity contribution is 0.611. The molecular weight excluding hydrogens is 338 g/mol. The van der Waals surface area contributed by atoms with E-state index in [-0.39, 0.29) is 5.75 Å². The molecule has 0 spiro atoms. The number of nitrogens with zero attached hydrogens (tertiary/aromatic N) is 1. The van der Waals surface area contributed by atoms with Crippen LogP contribution in [0.2, 0.25) is 0 Å². The van der Waals surface area contributed by atoms with Crippen LogP contribution >= 0.6 is 26.6 Å². The molecule has 0 unspecified atom stereocenters. The van der Waals surface area contributed by atoms with Crippen LogP contribution in [0.15, 0.2) is 37.4 Å². The standard InChI is InChI=1S/C8H9BrClNO3S2/c1-2-15(12,11-16(10,13)14)8-5-3-7(9)4-6-8/h3-6H,2H2,1H3/t15-/m1/s1. The minimum absolute atomic E-state index is 0.0839. The number of benzene rings is 1. The van der Waals surface area contributed by atoms with E-state index in [1.54, 1.807) is 31.2 Å². The van der Waals surface area contributed by atoms with Crippen molar-refractivity contribution in [1.29, 1.82) is 0 Å². The highest BCUT2D eigenvalue weighted by molar-refractivity contribution is 9.10. The average molecular weight is 347 g/mol. The molecule has 0 aliphatic rings. The Morgan fingerprint density at radius 1 is 1.25 bits per heavy atom. The fourth-order valence-electron chi connectivity index (χ4n) is 1.05. The van der Waals surface area contributed by atoms with Crippen molar-refractivity contribution in [3.8, 4) is 0 Å². The second-order valence-electron chi connectivity index (χ2n) is 2.87. The summed E-state index contributed by atoms with van der Waals surface area (Å²) in [7, 11) is -2.14. The maximum atomic E-state index is 12.2. The molecule has 1 rings (SSSR count). The highest BCUT2D eigenvalue weighted by Gasteiger charge is 2.14. The van der Waals surface area contributed by atoms with Gasteiger partial charge in [0.1, 0.15) is 0 Å². The van der Waals surface area contributed by atoms with E-state index in [1.807, 2.05) is 0 Å². The normalized spacial score (nSPS) is 15.4. The van der Waals surface area contributed by atoms with E-state index < -0.39 is 19.0 Å². The summed E-state index contributed by atoms with van der Waals surface area (Å²) >= 11 is 3.23. The zero-order valence-corrected chi connectivity index (χ0v) is 12.2. The van der Waals surface area contributed by atoms with Crippen molar-refractivity contribution in [2.75, 3.05) is 5.75 Å². The fraction of sp³-hybridized carbons (Fsp3) is 0.250. The fourth-order valence-corrected chi connectivity index (χ4v) is 4.95. The summed E-state index contributed by atoms with van der Waals surface area (Å²) in [6.07, 6.45) is 0. The second kappa shape index (κ2) is 5.03. The molecule has 0 saturated heterocycles. The van der Waals surface area contributed by atoms with Crippen LogP contribution < -0.4 is 0 Å². The zero-order valence-electron chi connectivity index (χ0n) is 8.26. The predicted octanol–water partition coefficient (Wildman–Crippen LogP) is 2.78. The molecule has 8 heteroatoms. The summed E-state index contributed by atoms with van der Waals surface area (Å²) in [4.78, 5) is 0.349. The van der Waals surface area contributed by atoms with Gasteiger partial charge in [0.05, 0.1) is 9.73 Å². The molecule has 0 bridgehead atoms. The van der Waals surface area contributed by atoms with Crippen LogP contribution in [0.3, 0.4) is 0 Å². The van der Waals surface area contributed by atoms with E-state index in [4.69, 9.17) is 10.7 Å². The van der Waals surface area contributed by atoms with Crippen LogP contribution in [0.1, 0.15) is 6.92 Å². The molecule has 0 aromatic heterocycles. The molecule has 0 aliphatic heterocycles. The van der Waals surface area contributed by atoms with Crippen molar-refractivity contribution >= 4 is 45.6 Å². The second-order valence-corrected chi connectivity index (χ2v) is 8.71. The van der Waals surface area contributed by atoms with Crippen LogP contribution in [0.4, 0.5) is 0 Å². The lowest BCUT2D eigenvalue weighted by Crippen LogP contribution is -2.05. The molecule has 1 aromatic rings. The topological polar surface area (TPSA) is 63.6 Å². The minimum Gasteiger partial charge on any atom is -0.244 e. The van der Waals surface area contributed by atoms with Gasteiger partial charge in [0, 0.05) is 25.8 Å². The van der Waals surface area contributed by atoms with Gasteiger partial charge < -0.3 is 0 Å². The monoisotopic (exact) mass is 345 g/mol. The van der Waals surface area contributed by atoms with Gasteiger partial charge in [0.15, 0.2) is 0 Å². The van der Waals surface area contributed by atoms with Crippen molar-refractivity contribution in [2.45, 2.75) is 11.8 Å². The zero-order chi connectivity index (χ0) is 12.4. The first-order chi connectivity index (χ1) is 7.27. The molecule has 0 amide bonds. The van der Waals surface area contributed by atoms with Crippen LogP contribution in [-0.4, -0.2) is 18.4 Å². The summed E-state index contributed by atoms with van der Waals surface area (Å²) in [6, 6.07) is 6.45. The summed E-state index contributed by atoms with van der Waals surface area (Å²) in [6.45, 7) is 1.59. The summed E-state index contributed by atoms with van der Waals surface area (Å²) in [5.41, 5.74) is 0. The van der Waals surface area contributed by atoms with Gasteiger partial charge in [0.25, 0.3) is 0 Å². The van der Waals surface area contributed by atoms with Crippen LogP contribution in [0.25, 0.3) is 0 Å². The van der Waals surface area contributed by atoms with Gasteiger partial charge in [0.2, 0.25) is 0 Å². The Morgan fingerprint density at radius 3 is 2.12 bits per heavy atom. The minimum atomic E-state index is -4.14. The van der Waals surface area contributed by atoms with Gasteiger partial charge in [-0.1, -0.05) is 26.6 Å². The Morgan fingerprint density at radius 2 is 1.75 bits per heavy atom. The molecule has 16 heavy (non-hydrogen) atoms. The summed E-state index contributed by atoms with van der Waals surface area (Å²) in [5, 5.41) is 0.